The minimum Gasteiger partial charge on any atom is -0.418 e. The highest BCUT2D eigenvalue weighted by molar-refractivity contribution is 6.60. The third kappa shape index (κ3) is 12.0. The second kappa shape index (κ2) is 12.3. The molecule has 0 spiro atoms. The Kier molecular flexibility index (Phi) is 11.8. The molecule has 5 nitrogen and oxygen atoms in total. The summed E-state index contributed by atoms with van der Waals surface area (Å²) in [5.74, 6) is 0. The normalized spacial score (nSPS) is 14.5. The van der Waals surface area contributed by atoms with Crippen LogP contribution in [0.5, 0.6) is 0 Å². The molecule has 0 aromatic rings. The molecule has 1 rings (SSSR count). The van der Waals surface area contributed by atoms with Crippen LogP contribution in [0.4, 0.5) is 17.3 Å². The van der Waals surface area contributed by atoms with Crippen LogP contribution in [0.3, 0.4) is 0 Å². The van der Waals surface area contributed by atoms with Gasteiger partial charge in [-0.05, 0) is 33.4 Å². The molecule has 0 atom stereocenters. The summed E-state index contributed by atoms with van der Waals surface area (Å²) in [6.45, 7) is 13.5. The smallest absolute Gasteiger partial charge is 0.418 e. The first kappa shape index (κ1) is 24.0. The standard InChI is InChI=1S/C14H28N2O3Si.BF4/c1-5-15-11-12-16(14-15)10-9-13-20(17-6-2,18-7-3)19-8-4;2-1(3,4)5/h5,11-12H,1,6-10,13-14H2,2-4H3;/q;-1. The Morgan fingerprint density at radius 2 is 1.52 bits per heavy atom. The van der Waals surface area contributed by atoms with Crippen LogP contribution in [-0.4, -0.2) is 58.9 Å². The van der Waals surface area contributed by atoms with Gasteiger partial charge in [0.15, 0.2) is 0 Å². The fourth-order valence-corrected chi connectivity index (χ4v) is 4.84. The Bertz CT molecular complexity index is 380. The number of rotatable bonds is 11. The Balaban J connectivity index is 0.00000101. The first-order valence-electron chi connectivity index (χ1n) is 8.29. The Labute approximate surface area is 148 Å². The largest absolute Gasteiger partial charge is 0.673 e. The highest BCUT2D eigenvalue weighted by Crippen LogP contribution is 2.19. The second-order valence-corrected chi connectivity index (χ2v) is 7.76. The Morgan fingerprint density at radius 1 is 1.04 bits per heavy atom. The van der Waals surface area contributed by atoms with Crippen LogP contribution in [0.15, 0.2) is 25.2 Å². The predicted molar refractivity (Wildman–Crippen MR) is 93.0 cm³/mol. The van der Waals surface area contributed by atoms with Crippen molar-refractivity contribution in [1.29, 1.82) is 0 Å². The van der Waals surface area contributed by atoms with Crippen LogP contribution >= 0.6 is 0 Å². The molecular weight excluding hydrogens is 359 g/mol. The molecule has 0 saturated carbocycles. The van der Waals surface area contributed by atoms with Gasteiger partial charge in [-0.25, -0.2) is 0 Å². The SMILES string of the molecule is C=CN1C=CN(CCC[Si](OCC)(OCC)OCC)C1.F[B-](F)(F)F. The number of nitrogens with zero attached hydrogens (tertiary/aromatic N) is 2. The molecule has 0 fully saturated rings. The van der Waals surface area contributed by atoms with Crippen molar-refractivity contribution in [3.63, 3.8) is 0 Å². The van der Waals surface area contributed by atoms with Gasteiger partial charge in [0.25, 0.3) is 0 Å². The van der Waals surface area contributed by atoms with Gasteiger partial charge in [-0.15, -0.1) is 0 Å². The summed E-state index contributed by atoms with van der Waals surface area (Å²) in [4.78, 5) is 4.31. The van der Waals surface area contributed by atoms with Crippen molar-refractivity contribution in [3.05, 3.63) is 25.2 Å². The zero-order valence-electron chi connectivity index (χ0n) is 15.1. The summed E-state index contributed by atoms with van der Waals surface area (Å²) in [6, 6.07) is 0.862. The molecule has 0 N–H and O–H groups in total. The third-order valence-corrected chi connectivity index (χ3v) is 6.22. The summed E-state index contributed by atoms with van der Waals surface area (Å²) in [6.07, 6.45) is 6.95. The van der Waals surface area contributed by atoms with E-state index in [0.717, 1.165) is 25.7 Å². The van der Waals surface area contributed by atoms with Crippen LogP contribution in [-0.2, 0) is 13.3 Å². The van der Waals surface area contributed by atoms with Gasteiger partial charge in [0, 0.05) is 44.8 Å². The van der Waals surface area contributed by atoms with Crippen molar-refractivity contribution in [2.45, 2.75) is 33.2 Å². The molecule has 0 aromatic carbocycles. The zero-order chi connectivity index (χ0) is 19.3. The number of hydrogen-bond donors (Lipinski definition) is 0. The second-order valence-electron chi connectivity index (χ2n) is 5.03. The molecular formula is C14H28BF4N2O3Si-. The average Bonchev–Trinajstić information content (AvgIpc) is 2.94. The fraction of sp³-hybridized carbons (Fsp3) is 0.714. The van der Waals surface area contributed by atoms with E-state index in [4.69, 9.17) is 13.3 Å². The van der Waals surface area contributed by atoms with Gasteiger partial charge in [0.1, 0.15) is 0 Å². The van der Waals surface area contributed by atoms with Crippen LogP contribution < -0.4 is 0 Å². The van der Waals surface area contributed by atoms with Gasteiger partial charge in [-0.2, -0.15) is 0 Å². The van der Waals surface area contributed by atoms with E-state index in [9.17, 15) is 17.3 Å². The molecule has 0 aromatic heterocycles. The summed E-state index contributed by atoms with van der Waals surface area (Å²) in [5, 5.41) is 0. The van der Waals surface area contributed by atoms with Crippen molar-refractivity contribution >= 4 is 16.1 Å². The highest BCUT2D eigenvalue weighted by atomic mass is 28.4. The first-order chi connectivity index (χ1) is 11.7. The van der Waals surface area contributed by atoms with E-state index in [2.05, 4.69) is 22.6 Å². The lowest BCUT2D eigenvalue weighted by molar-refractivity contribution is 0.0702. The van der Waals surface area contributed by atoms with E-state index in [1.54, 1.807) is 0 Å². The molecule has 1 heterocycles. The van der Waals surface area contributed by atoms with E-state index in [1.807, 2.05) is 33.2 Å². The lowest BCUT2D eigenvalue weighted by Gasteiger charge is -2.29. The molecule has 0 saturated heterocycles. The van der Waals surface area contributed by atoms with Gasteiger partial charge >= 0.3 is 16.1 Å². The van der Waals surface area contributed by atoms with E-state index in [1.165, 1.54) is 0 Å². The average molecular weight is 387 g/mol. The first-order valence-corrected chi connectivity index (χ1v) is 10.2. The highest BCUT2D eigenvalue weighted by Gasteiger charge is 2.39. The summed E-state index contributed by atoms with van der Waals surface area (Å²) in [7, 11) is -8.48. The third-order valence-electron chi connectivity index (χ3n) is 3.07. The molecule has 0 amide bonds. The molecule has 148 valence electrons. The molecule has 1 aliphatic rings. The van der Waals surface area contributed by atoms with Gasteiger partial charge in [0.2, 0.25) is 0 Å². The molecule has 25 heavy (non-hydrogen) atoms. The van der Waals surface area contributed by atoms with Crippen molar-refractivity contribution < 1.29 is 30.5 Å². The van der Waals surface area contributed by atoms with Gasteiger partial charge < -0.3 is 40.3 Å². The van der Waals surface area contributed by atoms with Crippen molar-refractivity contribution in [1.82, 2.24) is 9.80 Å². The van der Waals surface area contributed by atoms with Crippen LogP contribution in [0.25, 0.3) is 0 Å². The van der Waals surface area contributed by atoms with Gasteiger partial charge in [-0.3, -0.25) is 0 Å². The van der Waals surface area contributed by atoms with E-state index in [-0.39, 0.29) is 0 Å². The zero-order valence-corrected chi connectivity index (χ0v) is 16.1. The van der Waals surface area contributed by atoms with Gasteiger partial charge in [-0.1, -0.05) is 6.58 Å². The molecule has 0 radical (unpaired) electrons. The Morgan fingerprint density at radius 3 is 1.88 bits per heavy atom. The van der Waals surface area contributed by atoms with Crippen molar-refractivity contribution in [3.8, 4) is 0 Å². The van der Waals surface area contributed by atoms with Crippen LogP contribution in [0, 0.1) is 0 Å². The minimum atomic E-state index is -6.00. The molecule has 0 unspecified atom stereocenters. The maximum atomic E-state index is 9.75. The maximum Gasteiger partial charge on any atom is 0.673 e. The summed E-state index contributed by atoms with van der Waals surface area (Å²) >= 11 is 0. The lowest BCUT2D eigenvalue weighted by atomic mass is 10.3. The molecule has 0 aliphatic carbocycles. The van der Waals surface area contributed by atoms with E-state index >= 15 is 0 Å². The number of hydrogen-bond acceptors (Lipinski definition) is 5. The summed E-state index contributed by atoms with van der Waals surface area (Å²) in [5.41, 5.74) is 0. The Hall–Kier alpha value is -1.04. The monoisotopic (exact) mass is 387 g/mol. The van der Waals surface area contributed by atoms with Gasteiger partial charge in [0.05, 0.1) is 6.67 Å². The quantitative estimate of drug-likeness (QED) is 0.397. The molecule has 1 aliphatic heterocycles. The number of halogens is 4. The molecule has 11 heteroatoms. The lowest BCUT2D eigenvalue weighted by Crippen LogP contribution is -2.46. The minimum absolute atomic E-state index is 0.639. The fourth-order valence-electron chi connectivity index (χ4n) is 2.25. The predicted octanol–water partition coefficient (Wildman–Crippen LogP) is 3.91. The van der Waals surface area contributed by atoms with Crippen LogP contribution in [0.2, 0.25) is 6.04 Å². The summed E-state index contributed by atoms with van der Waals surface area (Å²) < 4.78 is 56.5. The van der Waals surface area contributed by atoms with Crippen molar-refractivity contribution in [2.75, 3.05) is 33.0 Å². The van der Waals surface area contributed by atoms with E-state index < -0.39 is 16.1 Å². The van der Waals surface area contributed by atoms with Crippen LogP contribution in [0.1, 0.15) is 27.2 Å². The topological polar surface area (TPSA) is 34.2 Å². The van der Waals surface area contributed by atoms with Crippen molar-refractivity contribution in [2.24, 2.45) is 0 Å². The maximum absolute atomic E-state index is 9.75. The molecule has 0 bridgehead atoms. The van der Waals surface area contributed by atoms with E-state index in [0.29, 0.717) is 19.8 Å².